The van der Waals surface area contributed by atoms with Crippen molar-refractivity contribution < 1.29 is 0 Å². The van der Waals surface area contributed by atoms with Crippen molar-refractivity contribution in [2.45, 2.75) is 6.92 Å². The van der Waals surface area contributed by atoms with Crippen LogP contribution < -0.4 is 0 Å². The molecule has 2 aromatic heterocycles. The van der Waals surface area contributed by atoms with E-state index in [1.54, 1.807) is 0 Å². The van der Waals surface area contributed by atoms with Gasteiger partial charge >= 0.3 is 0 Å². The molecular weight excluding hydrogens is 326 g/mol. The highest BCUT2D eigenvalue weighted by Gasteiger charge is 2.15. The smallest absolute Gasteiger partial charge is 0.174 e. The van der Waals surface area contributed by atoms with Crippen molar-refractivity contribution in [3.05, 3.63) is 84.1 Å². The Bertz CT molecular complexity index is 1250. The van der Waals surface area contributed by atoms with Crippen molar-refractivity contribution in [3.8, 4) is 0 Å². The highest BCUT2D eigenvalue weighted by molar-refractivity contribution is 7.71. The molecule has 0 spiro atoms. The molecular formula is C21H17N3S. The first kappa shape index (κ1) is 15.5. The predicted molar refractivity (Wildman–Crippen MR) is 108 cm³/mol. The van der Waals surface area contributed by atoms with Crippen LogP contribution in [0.2, 0.25) is 0 Å². The number of rotatable bonds is 3. The van der Waals surface area contributed by atoms with Crippen LogP contribution in [0.3, 0.4) is 0 Å². The van der Waals surface area contributed by atoms with E-state index in [4.69, 9.17) is 17.2 Å². The molecule has 0 aliphatic carbocycles. The number of allylic oxidation sites excluding steroid dienone is 4. The monoisotopic (exact) mass is 343 g/mol. The number of hydrogen-bond acceptors (Lipinski definition) is 2. The van der Waals surface area contributed by atoms with Crippen molar-refractivity contribution in [2.24, 2.45) is 0 Å². The summed E-state index contributed by atoms with van der Waals surface area (Å²) in [6.07, 6.45) is 3.88. The lowest BCUT2D eigenvalue weighted by Gasteiger charge is -2.16. The minimum atomic E-state index is 0.630. The average molecular weight is 343 g/mol. The first-order valence-electron chi connectivity index (χ1n) is 8.05. The van der Waals surface area contributed by atoms with Gasteiger partial charge in [0.25, 0.3) is 0 Å². The van der Waals surface area contributed by atoms with Gasteiger partial charge in [-0.15, -0.1) is 0 Å². The molecule has 0 fully saturated rings. The van der Waals surface area contributed by atoms with Gasteiger partial charge in [0.15, 0.2) is 10.3 Å². The maximum Gasteiger partial charge on any atom is 0.174 e. The van der Waals surface area contributed by atoms with Crippen LogP contribution in [0.5, 0.6) is 0 Å². The van der Waals surface area contributed by atoms with Gasteiger partial charge in [0.05, 0.1) is 22.1 Å². The molecule has 4 aromatic rings. The number of imidazole rings is 1. The molecule has 0 aliphatic heterocycles. The van der Waals surface area contributed by atoms with E-state index in [2.05, 4.69) is 29.7 Å². The lowest BCUT2D eigenvalue weighted by molar-refractivity contribution is 1.08. The lowest BCUT2D eigenvalue weighted by atomic mass is 10.2. The normalized spacial score (nSPS) is 11.7. The summed E-state index contributed by atoms with van der Waals surface area (Å²) in [7, 11) is 0. The minimum absolute atomic E-state index is 0.630. The Kier molecular flexibility index (Phi) is 3.62. The van der Waals surface area contributed by atoms with Crippen LogP contribution in [0, 0.1) is 4.64 Å². The summed E-state index contributed by atoms with van der Waals surface area (Å²) in [5.74, 6) is 0. The molecule has 4 rings (SSSR count). The summed E-state index contributed by atoms with van der Waals surface area (Å²) in [6, 6.07) is 16.2. The first-order chi connectivity index (χ1) is 12.1. The molecule has 0 aliphatic rings. The molecule has 0 saturated carbocycles. The summed E-state index contributed by atoms with van der Waals surface area (Å²) in [6.45, 7) is 10.3. The fourth-order valence-electron chi connectivity index (χ4n) is 3.17. The van der Waals surface area contributed by atoms with Gasteiger partial charge < -0.3 is 0 Å². The second kappa shape index (κ2) is 5.83. The number of aromatic nitrogens is 3. The van der Waals surface area contributed by atoms with Crippen LogP contribution in [0.4, 0.5) is 0 Å². The SMILES string of the molecule is C=C(/C=C\C)C(=C)n1c(=S)c2nc3ccccc3n2c2ccccc21. The standard InChI is InChI=1S/C21H17N3S/c1-4-9-14(2)15(3)23-18-12-7-8-13-19(18)24-17-11-6-5-10-16(17)22-20(24)21(23)25/h4-13H,2-3H2,1H3/b9-4-. The summed E-state index contributed by atoms with van der Waals surface area (Å²) < 4.78 is 4.72. The molecule has 25 heavy (non-hydrogen) atoms. The Hall–Kier alpha value is -2.98. The molecule has 0 N–H and O–H groups in total. The van der Waals surface area contributed by atoms with Crippen molar-refractivity contribution >= 4 is 45.6 Å². The Balaban J connectivity index is 2.22. The fourth-order valence-corrected chi connectivity index (χ4v) is 3.52. The van der Waals surface area contributed by atoms with Gasteiger partial charge in [0.1, 0.15) is 0 Å². The van der Waals surface area contributed by atoms with Crippen LogP contribution in [-0.2, 0) is 0 Å². The Morgan fingerprint density at radius 2 is 1.64 bits per heavy atom. The zero-order chi connectivity index (χ0) is 17.6. The Morgan fingerprint density at radius 3 is 2.36 bits per heavy atom. The van der Waals surface area contributed by atoms with Crippen LogP contribution in [-0.4, -0.2) is 14.0 Å². The zero-order valence-electron chi connectivity index (χ0n) is 13.9. The summed E-state index contributed by atoms with van der Waals surface area (Å²) in [5.41, 5.74) is 6.33. The quantitative estimate of drug-likeness (QED) is 0.348. The average Bonchev–Trinajstić information content (AvgIpc) is 3.02. The van der Waals surface area contributed by atoms with Gasteiger partial charge in [0, 0.05) is 5.70 Å². The molecule has 4 heteroatoms. The number of fused-ring (bicyclic) bond motifs is 5. The van der Waals surface area contributed by atoms with Gasteiger partial charge in [-0.2, -0.15) is 0 Å². The molecule has 122 valence electrons. The van der Waals surface area contributed by atoms with Crippen molar-refractivity contribution in [2.75, 3.05) is 0 Å². The van der Waals surface area contributed by atoms with Gasteiger partial charge in [-0.3, -0.25) is 8.97 Å². The molecule has 0 atom stereocenters. The number of nitrogens with zero attached hydrogens (tertiary/aromatic N) is 3. The summed E-state index contributed by atoms with van der Waals surface area (Å²) in [5, 5.41) is 0. The number of benzene rings is 2. The van der Waals surface area contributed by atoms with Crippen molar-refractivity contribution in [3.63, 3.8) is 0 Å². The largest absolute Gasteiger partial charge is 0.296 e. The van der Waals surface area contributed by atoms with Crippen molar-refractivity contribution in [1.82, 2.24) is 14.0 Å². The van der Waals surface area contributed by atoms with E-state index in [-0.39, 0.29) is 0 Å². The number of hydrogen-bond donors (Lipinski definition) is 0. The van der Waals surface area contributed by atoms with E-state index in [1.165, 1.54) is 0 Å². The highest BCUT2D eigenvalue weighted by Crippen LogP contribution is 2.28. The Morgan fingerprint density at radius 1 is 1.00 bits per heavy atom. The lowest BCUT2D eigenvalue weighted by Crippen LogP contribution is -2.05. The minimum Gasteiger partial charge on any atom is -0.296 e. The Labute approximate surface area is 150 Å². The maximum atomic E-state index is 5.80. The zero-order valence-corrected chi connectivity index (χ0v) is 14.8. The summed E-state index contributed by atoms with van der Waals surface area (Å²) >= 11 is 5.80. The fraction of sp³-hybridized carbons (Fsp3) is 0.0476. The summed E-state index contributed by atoms with van der Waals surface area (Å²) in [4.78, 5) is 4.76. The van der Waals surface area contributed by atoms with Gasteiger partial charge in [-0.1, -0.05) is 61.8 Å². The van der Waals surface area contributed by atoms with Crippen LogP contribution >= 0.6 is 12.2 Å². The third-order valence-electron chi connectivity index (χ3n) is 4.33. The van der Waals surface area contributed by atoms with Crippen LogP contribution in [0.15, 0.2) is 79.4 Å². The predicted octanol–water partition coefficient (Wildman–Crippen LogP) is 5.77. The molecule has 0 saturated heterocycles. The van der Waals surface area contributed by atoms with Crippen LogP contribution in [0.1, 0.15) is 6.92 Å². The molecule has 0 unspecified atom stereocenters. The highest BCUT2D eigenvalue weighted by atomic mass is 32.1. The molecule has 3 nitrogen and oxygen atoms in total. The van der Waals surface area contributed by atoms with Crippen molar-refractivity contribution in [1.29, 1.82) is 0 Å². The van der Waals surface area contributed by atoms with E-state index in [0.29, 0.717) is 4.64 Å². The molecule has 0 amide bonds. The molecule has 2 heterocycles. The van der Waals surface area contributed by atoms with E-state index in [1.807, 2.05) is 60.0 Å². The van der Waals surface area contributed by atoms with Gasteiger partial charge in [-0.25, -0.2) is 4.98 Å². The third-order valence-corrected chi connectivity index (χ3v) is 4.69. The molecule has 0 radical (unpaired) electrons. The number of para-hydroxylation sites is 4. The van der Waals surface area contributed by atoms with Gasteiger partial charge in [0.2, 0.25) is 0 Å². The second-order valence-electron chi connectivity index (χ2n) is 5.86. The van der Waals surface area contributed by atoms with Crippen LogP contribution in [0.25, 0.3) is 33.4 Å². The van der Waals surface area contributed by atoms with E-state index >= 15 is 0 Å². The maximum absolute atomic E-state index is 5.80. The first-order valence-corrected chi connectivity index (χ1v) is 8.46. The second-order valence-corrected chi connectivity index (χ2v) is 6.25. The van der Waals surface area contributed by atoms with E-state index in [9.17, 15) is 0 Å². The van der Waals surface area contributed by atoms with E-state index in [0.717, 1.165) is 39.0 Å². The topological polar surface area (TPSA) is 22.2 Å². The van der Waals surface area contributed by atoms with E-state index < -0.39 is 0 Å². The molecule has 0 bridgehead atoms. The molecule has 2 aromatic carbocycles. The van der Waals surface area contributed by atoms with Gasteiger partial charge in [-0.05, 0) is 36.8 Å². The third kappa shape index (κ3) is 2.26.